The van der Waals surface area contributed by atoms with Gasteiger partial charge in [0.05, 0.1) is 11.7 Å². The minimum absolute atomic E-state index is 0.228. The molecular formula is C12H16N6OS. The molecule has 0 aliphatic rings. The summed E-state index contributed by atoms with van der Waals surface area (Å²) in [5.74, 6) is 1.13. The number of pyridine rings is 1. The van der Waals surface area contributed by atoms with Gasteiger partial charge in [-0.3, -0.25) is 4.79 Å². The van der Waals surface area contributed by atoms with Gasteiger partial charge in [-0.2, -0.15) is 16.9 Å². The lowest BCUT2D eigenvalue weighted by molar-refractivity contribution is -0.117. The van der Waals surface area contributed by atoms with E-state index in [1.165, 1.54) is 17.3 Å². The fourth-order valence-corrected chi connectivity index (χ4v) is 2.09. The number of aromatic nitrogens is 4. The number of nitrogens with two attached hydrogens (primary N) is 1. The number of amides is 1. The molecule has 0 aliphatic carbocycles. The Bertz CT molecular complexity index is 559. The summed E-state index contributed by atoms with van der Waals surface area (Å²) in [7, 11) is 0. The number of rotatable bonds is 6. The standard InChI is InChI=1S/C12H16N6OS/c1-20-6-4-9(13)12(19)17-10-3-2-5-15-11(10)18-8-14-7-16-18/h2-3,5,7-9H,4,6,13H2,1H3,(H,17,19)/t9-/m1/s1. The molecule has 0 spiro atoms. The zero-order valence-electron chi connectivity index (χ0n) is 11.1. The minimum atomic E-state index is -0.536. The smallest absolute Gasteiger partial charge is 0.241 e. The Labute approximate surface area is 121 Å². The molecule has 20 heavy (non-hydrogen) atoms. The van der Waals surface area contributed by atoms with Crippen molar-refractivity contribution in [2.24, 2.45) is 5.73 Å². The number of carbonyl (C=O) groups excluding carboxylic acids is 1. The van der Waals surface area contributed by atoms with Gasteiger partial charge in [-0.1, -0.05) is 0 Å². The van der Waals surface area contributed by atoms with Gasteiger partial charge >= 0.3 is 0 Å². The quantitative estimate of drug-likeness (QED) is 0.812. The van der Waals surface area contributed by atoms with E-state index in [9.17, 15) is 4.79 Å². The molecule has 2 aromatic rings. The number of nitrogens with one attached hydrogen (secondary N) is 1. The Balaban J connectivity index is 2.12. The predicted octanol–water partition coefficient (Wildman–Crippen LogP) is 0.681. The average Bonchev–Trinajstić information content (AvgIpc) is 2.99. The van der Waals surface area contributed by atoms with Crippen molar-refractivity contribution in [2.75, 3.05) is 17.3 Å². The Morgan fingerprint density at radius 1 is 1.60 bits per heavy atom. The first-order valence-electron chi connectivity index (χ1n) is 6.07. The third-order valence-electron chi connectivity index (χ3n) is 2.65. The van der Waals surface area contributed by atoms with Crippen molar-refractivity contribution in [1.29, 1.82) is 0 Å². The molecule has 0 bridgehead atoms. The summed E-state index contributed by atoms with van der Waals surface area (Å²) >= 11 is 1.66. The Hall–Kier alpha value is -1.93. The first-order valence-corrected chi connectivity index (χ1v) is 7.47. The molecule has 2 aromatic heterocycles. The van der Waals surface area contributed by atoms with Crippen LogP contribution < -0.4 is 11.1 Å². The van der Waals surface area contributed by atoms with Crippen LogP contribution in [0.5, 0.6) is 0 Å². The lowest BCUT2D eigenvalue weighted by atomic mass is 10.2. The summed E-state index contributed by atoms with van der Waals surface area (Å²) < 4.78 is 1.49. The summed E-state index contributed by atoms with van der Waals surface area (Å²) in [4.78, 5) is 20.1. The summed E-state index contributed by atoms with van der Waals surface area (Å²) in [6.45, 7) is 0. The highest BCUT2D eigenvalue weighted by Gasteiger charge is 2.15. The maximum Gasteiger partial charge on any atom is 0.241 e. The molecule has 7 nitrogen and oxygen atoms in total. The molecule has 1 amide bonds. The number of thioether (sulfide) groups is 1. The van der Waals surface area contributed by atoms with Gasteiger partial charge in [-0.05, 0) is 30.6 Å². The van der Waals surface area contributed by atoms with Crippen LogP contribution >= 0.6 is 11.8 Å². The molecule has 2 heterocycles. The summed E-state index contributed by atoms with van der Waals surface area (Å²) in [6.07, 6.45) is 7.16. The molecule has 0 aromatic carbocycles. The Morgan fingerprint density at radius 3 is 3.15 bits per heavy atom. The van der Waals surface area contributed by atoms with E-state index in [-0.39, 0.29) is 5.91 Å². The van der Waals surface area contributed by atoms with Gasteiger partial charge < -0.3 is 11.1 Å². The van der Waals surface area contributed by atoms with Crippen LogP contribution in [0.15, 0.2) is 31.0 Å². The van der Waals surface area contributed by atoms with E-state index in [4.69, 9.17) is 5.73 Å². The van der Waals surface area contributed by atoms with Gasteiger partial charge in [0.25, 0.3) is 0 Å². The highest BCUT2D eigenvalue weighted by molar-refractivity contribution is 7.98. The van der Waals surface area contributed by atoms with E-state index in [0.717, 1.165) is 5.75 Å². The molecular weight excluding hydrogens is 276 g/mol. The molecule has 2 rings (SSSR count). The van der Waals surface area contributed by atoms with Crippen LogP contribution in [0.25, 0.3) is 5.82 Å². The third-order valence-corrected chi connectivity index (χ3v) is 3.29. The highest BCUT2D eigenvalue weighted by Crippen LogP contribution is 2.16. The first-order chi connectivity index (χ1) is 9.72. The van der Waals surface area contributed by atoms with Gasteiger partial charge in [-0.25, -0.2) is 14.6 Å². The van der Waals surface area contributed by atoms with E-state index < -0.39 is 6.04 Å². The second-order valence-electron chi connectivity index (χ2n) is 4.09. The molecule has 8 heteroatoms. The van der Waals surface area contributed by atoms with Crippen molar-refractivity contribution in [2.45, 2.75) is 12.5 Å². The van der Waals surface area contributed by atoms with Crippen molar-refractivity contribution in [1.82, 2.24) is 19.7 Å². The summed E-state index contributed by atoms with van der Waals surface area (Å²) in [5.41, 5.74) is 6.40. The molecule has 1 atom stereocenters. The van der Waals surface area contributed by atoms with E-state index in [0.29, 0.717) is 17.9 Å². The van der Waals surface area contributed by atoms with Gasteiger partial charge in [0.15, 0.2) is 5.82 Å². The van der Waals surface area contributed by atoms with Crippen molar-refractivity contribution in [3.8, 4) is 5.82 Å². The maximum atomic E-state index is 12.0. The third kappa shape index (κ3) is 3.55. The maximum absolute atomic E-state index is 12.0. The monoisotopic (exact) mass is 292 g/mol. The van der Waals surface area contributed by atoms with Crippen LogP contribution in [0.2, 0.25) is 0 Å². The second kappa shape index (κ2) is 7.01. The molecule has 3 N–H and O–H groups in total. The molecule has 0 fully saturated rings. The van der Waals surface area contributed by atoms with Gasteiger partial charge in [0, 0.05) is 6.20 Å². The van der Waals surface area contributed by atoms with Crippen molar-refractivity contribution < 1.29 is 4.79 Å². The first kappa shape index (κ1) is 14.5. The van der Waals surface area contributed by atoms with E-state index >= 15 is 0 Å². The number of carbonyl (C=O) groups is 1. The second-order valence-corrected chi connectivity index (χ2v) is 5.08. The van der Waals surface area contributed by atoms with Crippen molar-refractivity contribution in [3.63, 3.8) is 0 Å². The van der Waals surface area contributed by atoms with E-state index in [2.05, 4.69) is 20.4 Å². The number of hydrogen-bond acceptors (Lipinski definition) is 6. The molecule has 0 aliphatic heterocycles. The number of nitrogens with zero attached hydrogens (tertiary/aromatic N) is 4. The normalized spacial score (nSPS) is 12.1. The molecule has 0 radical (unpaired) electrons. The van der Waals surface area contributed by atoms with E-state index in [1.807, 2.05) is 6.26 Å². The molecule has 0 saturated heterocycles. The molecule has 0 saturated carbocycles. The van der Waals surface area contributed by atoms with Crippen LogP contribution in [0.4, 0.5) is 5.69 Å². The number of anilines is 1. The average molecular weight is 292 g/mol. The van der Waals surface area contributed by atoms with E-state index in [1.54, 1.807) is 30.1 Å². The number of hydrogen-bond donors (Lipinski definition) is 2. The van der Waals surface area contributed by atoms with Gasteiger partial charge in [-0.15, -0.1) is 0 Å². The summed E-state index contributed by atoms with van der Waals surface area (Å²) in [5, 5.41) is 6.79. The zero-order chi connectivity index (χ0) is 14.4. The fraction of sp³-hybridized carbons (Fsp3) is 0.333. The van der Waals surface area contributed by atoms with Crippen LogP contribution in [-0.2, 0) is 4.79 Å². The van der Waals surface area contributed by atoms with Gasteiger partial charge in [0.2, 0.25) is 5.91 Å². The SMILES string of the molecule is CSCC[C@@H](N)C(=O)Nc1cccnc1-n1cncn1. The lowest BCUT2D eigenvalue weighted by Gasteiger charge is -2.13. The summed E-state index contributed by atoms with van der Waals surface area (Å²) in [6, 6.07) is 2.96. The lowest BCUT2D eigenvalue weighted by Crippen LogP contribution is -2.36. The van der Waals surface area contributed by atoms with Crippen LogP contribution in [0.1, 0.15) is 6.42 Å². The topological polar surface area (TPSA) is 98.7 Å². The van der Waals surface area contributed by atoms with Crippen LogP contribution in [-0.4, -0.2) is 43.7 Å². The Kier molecular flexibility index (Phi) is 5.08. The van der Waals surface area contributed by atoms with Crippen LogP contribution in [0, 0.1) is 0 Å². The van der Waals surface area contributed by atoms with Gasteiger partial charge in [0.1, 0.15) is 12.7 Å². The minimum Gasteiger partial charge on any atom is -0.322 e. The van der Waals surface area contributed by atoms with Crippen molar-refractivity contribution in [3.05, 3.63) is 31.0 Å². The van der Waals surface area contributed by atoms with Crippen LogP contribution in [0.3, 0.4) is 0 Å². The molecule has 106 valence electrons. The highest BCUT2D eigenvalue weighted by atomic mass is 32.2. The zero-order valence-corrected chi connectivity index (χ0v) is 11.9. The predicted molar refractivity (Wildman–Crippen MR) is 78.8 cm³/mol. The largest absolute Gasteiger partial charge is 0.322 e. The Morgan fingerprint density at radius 2 is 2.45 bits per heavy atom. The molecule has 0 unspecified atom stereocenters. The van der Waals surface area contributed by atoms with Crippen molar-refractivity contribution >= 4 is 23.4 Å². The fourth-order valence-electron chi connectivity index (χ4n) is 1.60.